The van der Waals surface area contributed by atoms with Gasteiger partial charge in [-0.2, -0.15) is 0 Å². The van der Waals surface area contributed by atoms with E-state index in [4.69, 9.17) is 17.2 Å². The van der Waals surface area contributed by atoms with Crippen molar-refractivity contribution in [1.82, 2.24) is 0 Å². The molecule has 1 aromatic carbocycles. The van der Waals surface area contributed by atoms with E-state index in [-0.39, 0.29) is 6.04 Å². The molecule has 0 bridgehead atoms. The third-order valence-corrected chi connectivity index (χ3v) is 3.71. The highest BCUT2D eigenvalue weighted by atomic mass is 14.6. The van der Waals surface area contributed by atoms with Gasteiger partial charge in [0.15, 0.2) is 0 Å². The highest BCUT2D eigenvalue weighted by Gasteiger charge is 2.18. The van der Waals surface area contributed by atoms with E-state index in [9.17, 15) is 0 Å². The minimum absolute atomic E-state index is 0.228. The first-order valence-electron chi connectivity index (χ1n) is 7.50. The lowest BCUT2D eigenvalue weighted by atomic mass is 9.85. The van der Waals surface area contributed by atoms with E-state index in [1.54, 1.807) is 0 Å². The van der Waals surface area contributed by atoms with Crippen molar-refractivity contribution in [3.8, 4) is 0 Å². The number of unbranched alkanes of at least 4 members (excludes halogenated alkanes) is 2. The molecule has 0 aliphatic heterocycles. The molecule has 1 aromatic rings. The van der Waals surface area contributed by atoms with Crippen LogP contribution in [0.15, 0.2) is 30.3 Å². The van der Waals surface area contributed by atoms with Gasteiger partial charge in [-0.05, 0) is 50.3 Å². The van der Waals surface area contributed by atoms with Crippen LogP contribution >= 0.6 is 0 Å². The van der Waals surface area contributed by atoms with Gasteiger partial charge < -0.3 is 17.2 Å². The molecular weight excluding hydrogens is 234 g/mol. The monoisotopic (exact) mass is 263 g/mol. The molecule has 0 aromatic heterocycles. The molecular formula is C16H29N3. The summed E-state index contributed by atoms with van der Waals surface area (Å²) in [5, 5.41) is 0. The van der Waals surface area contributed by atoms with Crippen molar-refractivity contribution in [3.05, 3.63) is 35.9 Å². The number of nitrogens with two attached hydrogens (primary N) is 3. The van der Waals surface area contributed by atoms with Gasteiger partial charge in [0.05, 0.1) is 0 Å². The van der Waals surface area contributed by atoms with Gasteiger partial charge in [-0.3, -0.25) is 0 Å². The molecule has 0 saturated heterocycles. The molecule has 0 fully saturated rings. The highest BCUT2D eigenvalue weighted by Crippen LogP contribution is 2.26. The molecule has 2 unspecified atom stereocenters. The molecule has 0 aliphatic carbocycles. The van der Waals surface area contributed by atoms with Gasteiger partial charge in [-0.15, -0.1) is 0 Å². The fourth-order valence-electron chi connectivity index (χ4n) is 2.57. The molecule has 0 heterocycles. The Bertz CT molecular complexity index is 313. The second-order valence-corrected chi connectivity index (χ2v) is 5.25. The average molecular weight is 263 g/mol. The summed E-state index contributed by atoms with van der Waals surface area (Å²) in [7, 11) is 0. The van der Waals surface area contributed by atoms with Crippen LogP contribution in [-0.4, -0.2) is 19.1 Å². The van der Waals surface area contributed by atoms with Crippen LogP contribution < -0.4 is 17.2 Å². The Balaban J connectivity index is 2.53. The lowest BCUT2D eigenvalue weighted by Gasteiger charge is -2.24. The van der Waals surface area contributed by atoms with Crippen molar-refractivity contribution in [1.29, 1.82) is 0 Å². The molecule has 0 radical (unpaired) electrons. The zero-order valence-electron chi connectivity index (χ0n) is 11.9. The first kappa shape index (κ1) is 16.2. The molecule has 0 aliphatic rings. The summed E-state index contributed by atoms with van der Waals surface area (Å²) in [5.41, 5.74) is 18.9. The summed E-state index contributed by atoms with van der Waals surface area (Å²) in [4.78, 5) is 0. The van der Waals surface area contributed by atoms with Crippen molar-refractivity contribution < 1.29 is 0 Å². The van der Waals surface area contributed by atoms with Crippen molar-refractivity contribution in [2.24, 2.45) is 17.2 Å². The van der Waals surface area contributed by atoms with Crippen LogP contribution in [0.1, 0.15) is 50.0 Å². The van der Waals surface area contributed by atoms with E-state index in [1.807, 2.05) is 0 Å². The summed E-state index contributed by atoms with van der Waals surface area (Å²) < 4.78 is 0. The van der Waals surface area contributed by atoms with E-state index in [2.05, 4.69) is 30.3 Å². The predicted molar refractivity (Wildman–Crippen MR) is 83.0 cm³/mol. The number of benzene rings is 1. The smallest absolute Gasteiger partial charge is 0.0108 e. The Morgan fingerprint density at radius 1 is 0.789 bits per heavy atom. The predicted octanol–water partition coefficient (Wildman–Crippen LogP) is 2.36. The first-order valence-corrected chi connectivity index (χ1v) is 7.50. The van der Waals surface area contributed by atoms with E-state index in [1.165, 1.54) is 18.4 Å². The van der Waals surface area contributed by atoms with Crippen LogP contribution in [0.4, 0.5) is 0 Å². The van der Waals surface area contributed by atoms with E-state index in [0.29, 0.717) is 5.92 Å². The number of rotatable bonds is 10. The van der Waals surface area contributed by atoms with Crippen LogP contribution in [0.3, 0.4) is 0 Å². The van der Waals surface area contributed by atoms with Gasteiger partial charge in [0.25, 0.3) is 0 Å². The Hall–Kier alpha value is -0.900. The van der Waals surface area contributed by atoms with Gasteiger partial charge in [0, 0.05) is 6.04 Å². The summed E-state index contributed by atoms with van der Waals surface area (Å²) in [5.74, 6) is 0.433. The van der Waals surface area contributed by atoms with Gasteiger partial charge in [0.1, 0.15) is 0 Å². The Morgan fingerprint density at radius 2 is 1.47 bits per heavy atom. The van der Waals surface area contributed by atoms with Crippen molar-refractivity contribution >= 4 is 0 Å². The Morgan fingerprint density at radius 3 is 2.11 bits per heavy atom. The van der Waals surface area contributed by atoms with Crippen LogP contribution in [0.25, 0.3) is 0 Å². The van der Waals surface area contributed by atoms with Crippen LogP contribution in [0, 0.1) is 0 Å². The molecule has 108 valence electrons. The molecule has 1 rings (SSSR count). The quantitative estimate of drug-likeness (QED) is 0.567. The van der Waals surface area contributed by atoms with Gasteiger partial charge in [-0.1, -0.05) is 43.2 Å². The zero-order valence-corrected chi connectivity index (χ0v) is 11.9. The SMILES string of the molecule is NCCCCCC(N)C(CCCN)c1ccccc1. The standard InChI is InChI=1S/C16H29N3/c17-12-6-2-5-11-16(19)15(10-7-13-18)14-8-3-1-4-9-14/h1,3-4,8-9,15-16H,2,5-7,10-13,17-19H2. The van der Waals surface area contributed by atoms with Gasteiger partial charge in [0.2, 0.25) is 0 Å². The van der Waals surface area contributed by atoms with E-state index < -0.39 is 0 Å². The van der Waals surface area contributed by atoms with E-state index in [0.717, 1.165) is 38.8 Å². The lowest BCUT2D eigenvalue weighted by Crippen LogP contribution is -2.29. The summed E-state index contributed by atoms with van der Waals surface area (Å²) >= 11 is 0. The van der Waals surface area contributed by atoms with Crippen molar-refractivity contribution in [2.75, 3.05) is 13.1 Å². The summed E-state index contributed by atoms with van der Waals surface area (Å²) in [6.45, 7) is 1.52. The molecule has 0 spiro atoms. The Labute approximate surface area is 117 Å². The largest absolute Gasteiger partial charge is 0.330 e. The molecule has 6 N–H and O–H groups in total. The van der Waals surface area contributed by atoms with Gasteiger partial charge in [-0.25, -0.2) is 0 Å². The Kier molecular flexibility index (Phi) is 8.47. The highest BCUT2D eigenvalue weighted by molar-refractivity contribution is 5.21. The normalized spacial score (nSPS) is 14.3. The summed E-state index contributed by atoms with van der Waals surface area (Å²) in [6, 6.07) is 10.8. The maximum Gasteiger partial charge on any atom is 0.0108 e. The van der Waals surface area contributed by atoms with E-state index >= 15 is 0 Å². The van der Waals surface area contributed by atoms with Gasteiger partial charge >= 0.3 is 0 Å². The molecule has 2 atom stereocenters. The minimum atomic E-state index is 0.228. The third kappa shape index (κ3) is 6.19. The average Bonchev–Trinajstić information content (AvgIpc) is 2.45. The summed E-state index contributed by atoms with van der Waals surface area (Å²) in [6.07, 6.45) is 6.65. The first-order chi connectivity index (χ1) is 9.29. The van der Waals surface area contributed by atoms with Crippen molar-refractivity contribution in [2.45, 2.75) is 50.5 Å². The third-order valence-electron chi connectivity index (χ3n) is 3.71. The fraction of sp³-hybridized carbons (Fsp3) is 0.625. The van der Waals surface area contributed by atoms with Crippen LogP contribution in [0.2, 0.25) is 0 Å². The molecule has 0 amide bonds. The van der Waals surface area contributed by atoms with Crippen LogP contribution in [0.5, 0.6) is 0 Å². The second kappa shape index (κ2) is 9.96. The molecule has 19 heavy (non-hydrogen) atoms. The molecule has 3 nitrogen and oxygen atoms in total. The second-order valence-electron chi connectivity index (χ2n) is 5.25. The topological polar surface area (TPSA) is 78.1 Å². The maximum absolute atomic E-state index is 6.40. The minimum Gasteiger partial charge on any atom is -0.330 e. The number of hydrogen-bond acceptors (Lipinski definition) is 3. The fourth-order valence-corrected chi connectivity index (χ4v) is 2.57. The zero-order chi connectivity index (χ0) is 13.9. The molecule has 0 saturated carbocycles. The molecule has 3 heteroatoms. The van der Waals surface area contributed by atoms with Crippen molar-refractivity contribution in [3.63, 3.8) is 0 Å². The number of hydrogen-bond donors (Lipinski definition) is 3. The lowest BCUT2D eigenvalue weighted by molar-refractivity contribution is 0.445. The van der Waals surface area contributed by atoms with Crippen LogP contribution in [-0.2, 0) is 0 Å². The maximum atomic E-state index is 6.40.